The molecule has 1 heterocycles. The van der Waals surface area contributed by atoms with Crippen molar-refractivity contribution in [1.29, 1.82) is 0 Å². The van der Waals surface area contributed by atoms with Crippen molar-refractivity contribution < 1.29 is 14.3 Å². The summed E-state index contributed by atoms with van der Waals surface area (Å²) in [7, 11) is 2.92. The monoisotopic (exact) mass is 384 g/mol. The van der Waals surface area contributed by atoms with E-state index >= 15 is 0 Å². The second-order valence-corrected chi connectivity index (χ2v) is 5.89. The van der Waals surface area contributed by atoms with Gasteiger partial charge < -0.3 is 20.1 Å². The zero-order valence-corrected chi connectivity index (χ0v) is 15.4. The number of nitrogens with one attached hydrogen (secondary N) is 2. The fourth-order valence-corrected chi connectivity index (χ4v) is 2.57. The van der Waals surface area contributed by atoms with Gasteiger partial charge >= 0.3 is 5.97 Å². The predicted molar refractivity (Wildman–Crippen MR) is 104 cm³/mol. The van der Waals surface area contributed by atoms with Gasteiger partial charge in [-0.15, -0.1) is 0 Å². The number of methoxy groups -OCH3 is 2. The highest BCUT2D eigenvalue weighted by Crippen LogP contribution is 2.30. The van der Waals surface area contributed by atoms with Crippen molar-refractivity contribution in [2.24, 2.45) is 0 Å². The van der Waals surface area contributed by atoms with Crippen LogP contribution in [0.3, 0.4) is 0 Å². The molecule has 0 spiro atoms. The highest BCUT2D eigenvalue weighted by atomic mass is 35.5. The summed E-state index contributed by atoms with van der Waals surface area (Å²) in [5, 5.41) is 6.86. The van der Waals surface area contributed by atoms with E-state index in [1.165, 1.54) is 13.4 Å². The molecular weight excluding hydrogens is 368 g/mol. The Morgan fingerprint density at radius 3 is 2.52 bits per heavy atom. The number of aromatic nitrogens is 2. The molecule has 0 aliphatic heterocycles. The smallest absolute Gasteiger partial charge is 0.337 e. The Morgan fingerprint density at radius 1 is 1.00 bits per heavy atom. The van der Waals surface area contributed by atoms with Crippen LogP contribution in [0.15, 0.2) is 54.9 Å². The first-order valence-electron chi connectivity index (χ1n) is 7.97. The van der Waals surface area contributed by atoms with E-state index in [1.54, 1.807) is 49.6 Å². The van der Waals surface area contributed by atoms with Crippen molar-refractivity contribution in [3.8, 4) is 5.75 Å². The fourth-order valence-electron chi connectivity index (χ4n) is 2.40. The summed E-state index contributed by atoms with van der Waals surface area (Å²) in [5.74, 6) is 1.34. The summed E-state index contributed by atoms with van der Waals surface area (Å²) in [4.78, 5) is 20.1. The van der Waals surface area contributed by atoms with Crippen molar-refractivity contribution in [2.45, 2.75) is 0 Å². The number of hydrogen-bond acceptors (Lipinski definition) is 7. The molecule has 0 saturated carbocycles. The van der Waals surface area contributed by atoms with Gasteiger partial charge in [-0.1, -0.05) is 17.7 Å². The van der Waals surface area contributed by atoms with Gasteiger partial charge in [0.05, 0.1) is 25.5 Å². The summed E-state index contributed by atoms with van der Waals surface area (Å²) in [6.07, 6.45) is 1.42. The standard InChI is InChI=1S/C19H17ClN4O3/c1-26-16-7-6-13(20)9-15(16)24-18-10-17(21-11-22-18)23-14-5-3-4-12(8-14)19(25)27-2/h3-11H,1-2H3,(H2,21,22,23,24). The highest BCUT2D eigenvalue weighted by molar-refractivity contribution is 6.31. The summed E-state index contributed by atoms with van der Waals surface area (Å²) < 4.78 is 10.1. The molecule has 8 heteroatoms. The molecule has 2 aromatic carbocycles. The minimum Gasteiger partial charge on any atom is -0.495 e. The number of halogens is 1. The van der Waals surface area contributed by atoms with Gasteiger partial charge in [-0.05, 0) is 36.4 Å². The van der Waals surface area contributed by atoms with Gasteiger partial charge in [0.2, 0.25) is 0 Å². The first-order valence-corrected chi connectivity index (χ1v) is 8.35. The molecule has 3 rings (SSSR count). The molecule has 0 amide bonds. The van der Waals surface area contributed by atoms with Crippen LogP contribution in [0.5, 0.6) is 5.75 Å². The Kier molecular flexibility index (Phi) is 5.73. The lowest BCUT2D eigenvalue weighted by Gasteiger charge is -2.12. The van der Waals surface area contributed by atoms with E-state index in [9.17, 15) is 4.79 Å². The first-order chi connectivity index (χ1) is 13.1. The molecule has 0 radical (unpaired) electrons. The van der Waals surface area contributed by atoms with E-state index in [1.807, 2.05) is 6.07 Å². The van der Waals surface area contributed by atoms with Gasteiger partial charge in [0, 0.05) is 16.8 Å². The van der Waals surface area contributed by atoms with Crippen molar-refractivity contribution in [1.82, 2.24) is 9.97 Å². The SMILES string of the molecule is COC(=O)c1cccc(Nc2cc(Nc3cc(Cl)ccc3OC)ncn2)c1. The molecule has 0 atom stereocenters. The van der Waals surface area contributed by atoms with Crippen molar-refractivity contribution in [2.75, 3.05) is 24.9 Å². The number of rotatable bonds is 6. The van der Waals surface area contributed by atoms with E-state index in [2.05, 4.69) is 20.6 Å². The quantitative estimate of drug-likeness (QED) is 0.608. The molecule has 0 fully saturated rings. The van der Waals surface area contributed by atoms with E-state index in [0.717, 1.165) is 0 Å². The number of esters is 1. The van der Waals surface area contributed by atoms with Crippen LogP contribution in [-0.4, -0.2) is 30.2 Å². The Balaban J connectivity index is 1.80. The molecule has 0 aliphatic rings. The molecule has 2 N–H and O–H groups in total. The van der Waals surface area contributed by atoms with E-state index in [-0.39, 0.29) is 0 Å². The van der Waals surface area contributed by atoms with Crippen molar-refractivity contribution in [3.05, 3.63) is 65.4 Å². The van der Waals surface area contributed by atoms with Crippen LogP contribution in [0, 0.1) is 0 Å². The third-order valence-corrected chi connectivity index (χ3v) is 3.88. The number of carbonyl (C=O) groups is 1. The average molecular weight is 385 g/mol. The molecule has 0 bridgehead atoms. The number of ether oxygens (including phenoxy) is 2. The minimum absolute atomic E-state index is 0.406. The Labute approximate surface area is 161 Å². The Hall–Kier alpha value is -3.32. The Bertz CT molecular complexity index is 965. The average Bonchev–Trinajstić information content (AvgIpc) is 2.68. The molecular formula is C19H17ClN4O3. The second-order valence-electron chi connectivity index (χ2n) is 5.46. The summed E-state index contributed by atoms with van der Waals surface area (Å²) in [6.45, 7) is 0. The molecule has 0 aliphatic carbocycles. The number of hydrogen-bond donors (Lipinski definition) is 2. The van der Waals surface area contributed by atoms with Gasteiger partial charge in [-0.2, -0.15) is 0 Å². The minimum atomic E-state index is -0.406. The van der Waals surface area contributed by atoms with Crippen LogP contribution in [0.4, 0.5) is 23.0 Å². The maximum absolute atomic E-state index is 11.7. The van der Waals surface area contributed by atoms with E-state index in [0.29, 0.717) is 39.3 Å². The second kappa shape index (κ2) is 8.37. The number of nitrogens with zero attached hydrogens (tertiary/aromatic N) is 2. The highest BCUT2D eigenvalue weighted by Gasteiger charge is 2.08. The molecule has 1 aromatic heterocycles. The predicted octanol–water partition coefficient (Wildman–Crippen LogP) is 4.41. The lowest BCUT2D eigenvalue weighted by molar-refractivity contribution is 0.0601. The van der Waals surface area contributed by atoms with Crippen LogP contribution >= 0.6 is 11.6 Å². The van der Waals surface area contributed by atoms with Gasteiger partial charge in [0.15, 0.2) is 0 Å². The van der Waals surface area contributed by atoms with Crippen LogP contribution in [0.1, 0.15) is 10.4 Å². The van der Waals surface area contributed by atoms with Crippen molar-refractivity contribution >= 4 is 40.6 Å². The molecule has 0 saturated heterocycles. The van der Waals surface area contributed by atoms with Crippen LogP contribution < -0.4 is 15.4 Å². The first kappa shape index (κ1) is 18.5. The molecule has 7 nitrogen and oxygen atoms in total. The van der Waals surface area contributed by atoms with E-state index < -0.39 is 5.97 Å². The number of anilines is 4. The lowest BCUT2D eigenvalue weighted by Crippen LogP contribution is -2.03. The zero-order valence-electron chi connectivity index (χ0n) is 14.7. The topological polar surface area (TPSA) is 85.4 Å². The number of benzene rings is 2. The summed E-state index contributed by atoms with van der Waals surface area (Å²) >= 11 is 6.05. The lowest BCUT2D eigenvalue weighted by atomic mass is 10.2. The molecule has 3 aromatic rings. The fraction of sp³-hybridized carbons (Fsp3) is 0.105. The summed E-state index contributed by atoms with van der Waals surface area (Å²) in [5.41, 5.74) is 1.82. The van der Waals surface area contributed by atoms with Gasteiger partial charge in [-0.3, -0.25) is 0 Å². The van der Waals surface area contributed by atoms with Gasteiger partial charge in [0.25, 0.3) is 0 Å². The third-order valence-electron chi connectivity index (χ3n) is 3.65. The van der Waals surface area contributed by atoms with Gasteiger partial charge in [-0.25, -0.2) is 14.8 Å². The molecule has 138 valence electrons. The van der Waals surface area contributed by atoms with Crippen LogP contribution in [0.25, 0.3) is 0 Å². The molecule has 27 heavy (non-hydrogen) atoms. The Morgan fingerprint density at radius 2 is 1.78 bits per heavy atom. The van der Waals surface area contributed by atoms with Crippen molar-refractivity contribution in [3.63, 3.8) is 0 Å². The maximum atomic E-state index is 11.7. The van der Waals surface area contributed by atoms with E-state index in [4.69, 9.17) is 21.1 Å². The van der Waals surface area contributed by atoms with Crippen LogP contribution in [-0.2, 0) is 4.74 Å². The number of carbonyl (C=O) groups excluding carboxylic acids is 1. The largest absolute Gasteiger partial charge is 0.495 e. The van der Waals surface area contributed by atoms with Gasteiger partial charge in [0.1, 0.15) is 23.7 Å². The normalized spacial score (nSPS) is 10.2. The zero-order chi connectivity index (χ0) is 19.2. The molecule has 0 unspecified atom stereocenters. The van der Waals surface area contributed by atoms with Crippen LogP contribution in [0.2, 0.25) is 5.02 Å². The maximum Gasteiger partial charge on any atom is 0.337 e. The third kappa shape index (κ3) is 4.65. The summed E-state index contributed by atoms with van der Waals surface area (Å²) in [6, 6.07) is 13.9.